The highest BCUT2D eigenvalue weighted by Gasteiger charge is 2.26. The number of halogens is 3. The molecule has 1 fully saturated rings. The van der Waals surface area contributed by atoms with Crippen LogP contribution < -0.4 is 10.9 Å². The number of rotatable bonds is 7. The van der Waals surface area contributed by atoms with E-state index >= 15 is 0 Å². The van der Waals surface area contributed by atoms with Crippen molar-refractivity contribution in [2.24, 2.45) is 0 Å². The molecule has 0 bridgehead atoms. The molecule has 2 aromatic rings. The summed E-state index contributed by atoms with van der Waals surface area (Å²) in [6.45, 7) is 0.315. The number of hydrogen-bond donors (Lipinski definition) is 2. The van der Waals surface area contributed by atoms with Crippen LogP contribution in [-0.4, -0.2) is 32.4 Å². The number of nitrogens with one attached hydrogen (secondary N) is 2. The molecule has 3 rings (SSSR count). The lowest BCUT2D eigenvalue weighted by molar-refractivity contribution is 0.428. The molecule has 9 heteroatoms. The van der Waals surface area contributed by atoms with Gasteiger partial charge < -0.3 is 0 Å². The lowest BCUT2D eigenvalue weighted by Crippen LogP contribution is -2.32. The maximum Gasteiger partial charge on any atom is 0.244 e. The molecule has 0 amide bonds. The zero-order valence-electron chi connectivity index (χ0n) is 15.3. The molecule has 1 heterocycles. The molecule has 0 saturated carbocycles. The molecule has 2 unspecified atom stereocenters. The van der Waals surface area contributed by atoms with Gasteiger partial charge in [-0.05, 0) is 55.2 Å². The van der Waals surface area contributed by atoms with Crippen molar-refractivity contribution in [1.82, 2.24) is 15.2 Å². The third kappa shape index (κ3) is 4.87. The average Bonchev–Trinajstić information content (AvgIpc) is 3.10. The predicted molar refractivity (Wildman–Crippen MR) is 104 cm³/mol. The normalized spacial score (nSPS) is 20.0. The van der Waals surface area contributed by atoms with E-state index in [0.717, 1.165) is 30.5 Å². The fourth-order valence-corrected chi connectivity index (χ4v) is 4.97. The summed E-state index contributed by atoms with van der Waals surface area (Å²) in [5, 5.41) is -0.129. The first kappa shape index (κ1) is 21.1. The number of nitrogens with zero attached hydrogens (tertiary/aromatic N) is 1. The highest BCUT2D eigenvalue weighted by molar-refractivity contribution is 7.89. The third-order valence-electron chi connectivity index (χ3n) is 4.86. The van der Waals surface area contributed by atoms with Gasteiger partial charge in [-0.15, -0.1) is 0 Å². The van der Waals surface area contributed by atoms with Crippen molar-refractivity contribution in [3.8, 4) is 0 Å². The second-order valence-electron chi connectivity index (χ2n) is 6.87. The van der Waals surface area contributed by atoms with E-state index in [1.807, 2.05) is 0 Å². The third-order valence-corrected chi connectivity index (χ3v) is 7.20. The van der Waals surface area contributed by atoms with Gasteiger partial charge in [0.05, 0.1) is 5.02 Å². The van der Waals surface area contributed by atoms with Crippen molar-refractivity contribution < 1.29 is 17.2 Å². The summed E-state index contributed by atoms with van der Waals surface area (Å²) in [5.74, 6) is -0.848. The molecular weight excluding hydrogens is 408 g/mol. The van der Waals surface area contributed by atoms with Gasteiger partial charge in [-0.25, -0.2) is 21.5 Å². The van der Waals surface area contributed by atoms with Crippen LogP contribution in [-0.2, 0) is 10.0 Å². The molecule has 2 aromatic carbocycles. The smallest absolute Gasteiger partial charge is 0.244 e. The molecule has 152 valence electrons. The highest BCUT2D eigenvalue weighted by atomic mass is 35.5. The monoisotopic (exact) mass is 429 g/mol. The Morgan fingerprint density at radius 1 is 1.11 bits per heavy atom. The van der Waals surface area contributed by atoms with Gasteiger partial charge in [0.15, 0.2) is 0 Å². The fourth-order valence-electron chi connectivity index (χ4n) is 3.26. The SMILES string of the molecule is CN(CCCC1CC(c2ccc(F)cc2)NN1)S(=O)(=O)c1ccc(F)cc1Cl. The molecule has 0 aliphatic carbocycles. The van der Waals surface area contributed by atoms with Crippen LogP contribution in [0.25, 0.3) is 0 Å². The van der Waals surface area contributed by atoms with E-state index in [2.05, 4.69) is 10.9 Å². The van der Waals surface area contributed by atoms with Crippen molar-refractivity contribution in [3.63, 3.8) is 0 Å². The van der Waals surface area contributed by atoms with E-state index in [-0.39, 0.29) is 27.8 Å². The standard InChI is InChI=1S/C19H22ClF2N3O2S/c1-25(28(26,27)19-9-8-15(22)11-17(19)20)10-2-3-16-12-18(24-23-16)13-4-6-14(21)7-5-13/h4-9,11,16,18,23-24H,2-3,10,12H2,1H3. The van der Waals surface area contributed by atoms with Gasteiger partial charge in [0, 0.05) is 25.7 Å². The molecule has 2 atom stereocenters. The van der Waals surface area contributed by atoms with Crippen molar-refractivity contribution in [1.29, 1.82) is 0 Å². The van der Waals surface area contributed by atoms with E-state index in [4.69, 9.17) is 11.6 Å². The molecule has 5 nitrogen and oxygen atoms in total. The van der Waals surface area contributed by atoms with Crippen LogP contribution in [0.1, 0.15) is 30.9 Å². The minimum absolute atomic E-state index is 0.0880. The molecule has 1 aliphatic heterocycles. The van der Waals surface area contributed by atoms with E-state index in [1.165, 1.54) is 29.6 Å². The number of hydrazine groups is 1. The van der Waals surface area contributed by atoms with Crippen molar-refractivity contribution >= 4 is 21.6 Å². The fraction of sp³-hybridized carbons (Fsp3) is 0.368. The second kappa shape index (κ2) is 8.84. The van der Waals surface area contributed by atoms with Gasteiger partial charge in [0.2, 0.25) is 10.0 Å². The summed E-state index contributed by atoms with van der Waals surface area (Å²) < 4.78 is 52.7. The first-order valence-electron chi connectivity index (χ1n) is 8.95. The summed E-state index contributed by atoms with van der Waals surface area (Å²) in [4.78, 5) is -0.102. The quantitative estimate of drug-likeness (QED) is 0.705. The first-order valence-corrected chi connectivity index (χ1v) is 10.8. The summed E-state index contributed by atoms with van der Waals surface area (Å²) in [6, 6.07) is 9.90. The molecule has 0 spiro atoms. The zero-order chi connectivity index (χ0) is 20.3. The maximum absolute atomic E-state index is 13.2. The Bertz CT molecular complexity index is 925. The predicted octanol–water partition coefficient (Wildman–Crippen LogP) is 3.63. The van der Waals surface area contributed by atoms with Gasteiger partial charge in [0.1, 0.15) is 16.5 Å². The lowest BCUT2D eigenvalue weighted by atomic mass is 10.00. The minimum Gasteiger partial charge on any atom is -0.254 e. The number of sulfonamides is 1. The van der Waals surface area contributed by atoms with Crippen molar-refractivity contribution in [2.75, 3.05) is 13.6 Å². The topological polar surface area (TPSA) is 61.4 Å². The Morgan fingerprint density at radius 2 is 1.79 bits per heavy atom. The van der Waals surface area contributed by atoms with Gasteiger partial charge in [-0.2, -0.15) is 0 Å². The number of benzene rings is 2. The Labute approximate surface area is 168 Å². The Balaban J connectivity index is 1.51. The van der Waals surface area contributed by atoms with Crippen LogP contribution >= 0.6 is 11.6 Å². The molecule has 2 N–H and O–H groups in total. The summed E-state index contributed by atoms with van der Waals surface area (Å²) in [5.41, 5.74) is 7.40. The summed E-state index contributed by atoms with van der Waals surface area (Å²) in [7, 11) is -2.29. The summed E-state index contributed by atoms with van der Waals surface area (Å²) >= 11 is 5.89. The van der Waals surface area contributed by atoms with Crippen LogP contribution in [0.15, 0.2) is 47.4 Å². The molecule has 1 saturated heterocycles. The first-order chi connectivity index (χ1) is 13.3. The van der Waals surface area contributed by atoms with Gasteiger partial charge in [0.25, 0.3) is 0 Å². The van der Waals surface area contributed by atoms with Crippen molar-refractivity contribution in [2.45, 2.75) is 36.2 Å². The van der Waals surface area contributed by atoms with E-state index in [0.29, 0.717) is 13.0 Å². The van der Waals surface area contributed by atoms with Crippen molar-refractivity contribution in [3.05, 3.63) is 64.7 Å². The molecule has 0 radical (unpaired) electrons. The zero-order valence-corrected chi connectivity index (χ0v) is 16.9. The van der Waals surface area contributed by atoms with Gasteiger partial charge in [-0.3, -0.25) is 10.9 Å². The highest BCUT2D eigenvalue weighted by Crippen LogP contribution is 2.26. The minimum atomic E-state index is -3.78. The largest absolute Gasteiger partial charge is 0.254 e. The van der Waals surface area contributed by atoms with Crippen LogP contribution in [0.5, 0.6) is 0 Å². The molecule has 0 aromatic heterocycles. The maximum atomic E-state index is 13.2. The Kier molecular flexibility index (Phi) is 6.67. The van der Waals surface area contributed by atoms with Crippen LogP contribution in [0, 0.1) is 11.6 Å². The molecule has 1 aliphatic rings. The average molecular weight is 430 g/mol. The van der Waals surface area contributed by atoms with Gasteiger partial charge in [-0.1, -0.05) is 23.7 Å². The van der Waals surface area contributed by atoms with E-state index in [9.17, 15) is 17.2 Å². The van der Waals surface area contributed by atoms with E-state index < -0.39 is 15.8 Å². The van der Waals surface area contributed by atoms with Crippen LogP contribution in [0.2, 0.25) is 5.02 Å². The summed E-state index contributed by atoms with van der Waals surface area (Å²) in [6.07, 6.45) is 2.23. The number of hydrogen-bond acceptors (Lipinski definition) is 4. The second-order valence-corrected chi connectivity index (χ2v) is 9.29. The molecular formula is C19H22ClF2N3O2S. The Morgan fingerprint density at radius 3 is 2.46 bits per heavy atom. The lowest BCUT2D eigenvalue weighted by Gasteiger charge is -2.19. The van der Waals surface area contributed by atoms with Crippen LogP contribution in [0.4, 0.5) is 8.78 Å². The molecule has 28 heavy (non-hydrogen) atoms. The Hall–Kier alpha value is -1.58. The van der Waals surface area contributed by atoms with Gasteiger partial charge >= 0.3 is 0 Å². The van der Waals surface area contributed by atoms with E-state index in [1.54, 1.807) is 12.1 Å². The van der Waals surface area contributed by atoms with Crippen LogP contribution in [0.3, 0.4) is 0 Å².